The highest BCUT2D eigenvalue weighted by Crippen LogP contribution is 2.12. The molecule has 1 aromatic heterocycles. The van der Waals surface area contributed by atoms with Crippen molar-refractivity contribution in [3.63, 3.8) is 0 Å². The van der Waals surface area contributed by atoms with Crippen molar-refractivity contribution >= 4 is 5.82 Å². The van der Waals surface area contributed by atoms with Gasteiger partial charge in [-0.3, -0.25) is 4.90 Å². The molecule has 0 saturated carbocycles. The number of nitrogens with zero attached hydrogens (tertiary/aromatic N) is 4. The van der Waals surface area contributed by atoms with E-state index in [4.69, 9.17) is 0 Å². The number of anilines is 1. The fourth-order valence-corrected chi connectivity index (χ4v) is 1.93. The zero-order valence-corrected chi connectivity index (χ0v) is 9.43. The summed E-state index contributed by atoms with van der Waals surface area (Å²) in [6.45, 7) is 8.84. The smallest absolute Gasteiger partial charge is 0.151 e. The highest BCUT2D eigenvalue weighted by Gasteiger charge is 2.19. The fraction of sp³-hybridized carbons (Fsp3) is 0.636. The van der Waals surface area contributed by atoms with E-state index in [9.17, 15) is 0 Å². The number of hydrogen-bond donors (Lipinski definition) is 0. The number of aromatic nitrogens is 2. The minimum Gasteiger partial charge on any atom is -0.353 e. The molecule has 0 atom stereocenters. The highest BCUT2D eigenvalue weighted by atomic mass is 15.3. The minimum absolute atomic E-state index is 0.647. The molecule has 2 heterocycles. The van der Waals surface area contributed by atoms with E-state index in [1.165, 1.54) is 0 Å². The van der Waals surface area contributed by atoms with Crippen LogP contribution in [0, 0.1) is 0 Å². The molecule has 0 aliphatic carbocycles. The van der Waals surface area contributed by atoms with Crippen molar-refractivity contribution in [1.82, 2.24) is 15.1 Å². The molecule has 0 spiro atoms. The van der Waals surface area contributed by atoms with Crippen molar-refractivity contribution in [3.8, 4) is 0 Å². The summed E-state index contributed by atoms with van der Waals surface area (Å²) in [6, 6.07) is 4.61. The van der Waals surface area contributed by atoms with Gasteiger partial charge in [0.25, 0.3) is 0 Å². The maximum Gasteiger partial charge on any atom is 0.151 e. The Morgan fingerprint density at radius 3 is 2.47 bits per heavy atom. The van der Waals surface area contributed by atoms with Crippen molar-refractivity contribution in [1.29, 1.82) is 0 Å². The summed E-state index contributed by atoms with van der Waals surface area (Å²) in [5.41, 5.74) is 0. The Morgan fingerprint density at radius 2 is 1.93 bits per heavy atom. The molecule has 0 amide bonds. The molecular formula is C11H18N4. The molecule has 1 fully saturated rings. The second kappa shape index (κ2) is 4.57. The standard InChI is InChI=1S/C11H18N4/c1-10(2)14-6-8-15(9-7-14)11-4-3-5-12-13-11/h3-5,10H,6-9H2,1-2H3. The van der Waals surface area contributed by atoms with E-state index in [2.05, 4.69) is 33.8 Å². The first-order chi connectivity index (χ1) is 7.27. The van der Waals surface area contributed by atoms with Gasteiger partial charge in [0.15, 0.2) is 5.82 Å². The van der Waals surface area contributed by atoms with Gasteiger partial charge in [-0.25, -0.2) is 0 Å². The lowest BCUT2D eigenvalue weighted by atomic mass is 10.2. The van der Waals surface area contributed by atoms with Gasteiger partial charge in [-0.1, -0.05) is 0 Å². The SMILES string of the molecule is CC(C)N1CCN(c2cccnn2)CC1. The molecule has 1 aromatic rings. The predicted octanol–water partition coefficient (Wildman–Crippen LogP) is 1.01. The van der Waals surface area contributed by atoms with Gasteiger partial charge < -0.3 is 4.90 Å². The largest absolute Gasteiger partial charge is 0.353 e. The lowest BCUT2D eigenvalue weighted by molar-refractivity contribution is 0.209. The van der Waals surface area contributed by atoms with Crippen LogP contribution in [0.15, 0.2) is 18.3 Å². The first-order valence-corrected chi connectivity index (χ1v) is 5.54. The van der Waals surface area contributed by atoms with Gasteiger partial charge in [0.2, 0.25) is 0 Å². The summed E-state index contributed by atoms with van der Waals surface area (Å²) in [7, 11) is 0. The second-order valence-corrected chi connectivity index (χ2v) is 4.20. The number of hydrogen-bond acceptors (Lipinski definition) is 4. The predicted molar refractivity (Wildman–Crippen MR) is 61.0 cm³/mol. The van der Waals surface area contributed by atoms with E-state index in [1.54, 1.807) is 6.20 Å². The van der Waals surface area contributed by atoms with Gasteiger partial charge in [0, 0.05) is 38.4 Å². The van der Waals surface area contributed by atoms with Crippen molar-refractivity contribution in [2.75, 3.05) is 31.1 Å². The van der Waals surface area contributed by atoms with E-state index in [0.717, 1.165) is 32.0 Å². The van der Waals surface area contributed by atoms with Crippen LogP contribution >= 0.6 is 0 Å². The van der Waals surface area contributed by atoms with Crippen LogP contribution in [0.2, 0.25) is 0 Å². The van der Waals surface area contributed by atoms with E-state index in [1.807, 2.05) is 12.1 Å². The fourth-order valence-electron chi connectivity index (χ4n) is 1.93. The van der Waals surface area contributed by atoms with Crippen LogP contribution in [0.1, 0.15) is 13.8 Å². The van der Waals surface area contributed by atoms with Crippen LogP contribution < -0.4 is 4.90 Å². The summed E-state index contributed by atoms with van der Waals surface area (Å²) in [5.74, 6) is 1.00. The maximum atomic E-state index is 4.13. The Bertz CT molecular complexity index is 291. The quantitative estimate of drug-likeness (QED) is 0.723. The zero-order valence-electron chi connectivity index (χ0n) is 9.43. The lowest BCUT2D eigenvalue weighted by Crippen LogP contribution is -2.49. The van der Waals surface area contributed by atoms with E-state index >= 15 is 0 Å². The highest BCUT2D eigenvalue weighted by molar-refractivity contribution is 5.36. The molecule has 0 radical (unpaired) electrons. The molecule has 0 N–H and O–H groups in total. The van der Waals surface area contributed by atoms with Gasteiger partial charge in [-0.15, -0.1) is 5.10 Å². The van der Waals surface area contributed by atoms with Crippen LogP contribution in [0.5, 0.6) is 0 Å². The summed E-state index contributed by atoms with van der Waals surface area (Å²) >= 11 is 0. The topological polar surface area (TPSA) is 32.3 Å². The van der Waals surface area contributed by atoms with Crippen molar-refractivity contribution in [2.45, 2.75) is 19.9 Å². The Balaban J connectivity index is 1.94. The van der Waals surface area contributed by atoms with E-state index in [-0.39, 0.29) is 0 Å². The maximum absolute atomic E-state index is 4.13. The van der Waals surface area contributed by atoms with Gasteiger partial charge in [-0.05, 0) is 26.0 Å². The van der Waals surface area contributed by atoms with Crippen LogP contribution in [0.4, 0.5) is 5.82 Å². The number of rotatable bonds is 2. The normalized spacial score (nSPS) is 18.5. The second-order valence-electron chi connectivity index (χ2n) is 4.20. The molecule has 0 unspecified atom stereocenters. The summed E-state index contributed by atoms with van der Waals surface area (Å²) < 4.78 is 0. The van der Waals surface area contributed by atoms with E-state index < -0.39 is 0 Å². The van der Waals surface area contributed by atoms with Crippen LogP contribution in [-0.2, 0) is 0 Å². The van der Waals surface area contributed by atoms with Crippen molar-refractivity contribution in [2.24, 2.45) is 0 Å². The Kier molecular flexibility index (Phi) is 3.16. The third kappa shape index (κ3) is 2.45. The van der Waals surface area contributed by atoms with Gasteiger partial charge in [-0.2, -0.15) is 5.10 Å². The average molecular weight is 206 g/mol. The molecule has 15 heavy (non-hydrogen) atoms. The van der Waals surface area contributed by atoms with Crippen LogP contribution in [0.25, 0.3) is 0 Å². The number of piperazine rings is 1. The third-order valence-electron chi connectivity index (χ3n) is 2.93. The molecule has 82 valence electrons. The Morgan fingerprint density at radius 1 is 1.20 bits per heavy atom. The Hall–Kier alpha value is -1.16. The molecule has 1 aliphatic heterocycles. The van der Waals surface area contributed by atoms with Crippen molar-refractivity contribution in [3.05, 3.63) is 18.3 Å². The monoisotopic (exact) mass is 206 g/mol. The summed E-state index contributed by atoms with van der Waals surface area (Å²) in [5, 5.41) is 8.04. The zero-order chi connectivity index (χ0) is 10.7. The first-order valence-electron chi connectivity index (χ1n) is 5.54. The minimum atomic E-state index is 0.647. The van der Waals surface area contributed by atoms with Crippen LogP contribution in [-0.4, -0.2) is 47.3 Å². The summed E-state index contributed by atoms with van der Waals surface area (Å²) in [6.07, 6.45) is 1.72. The molecule has 1 aliphatic rings. The molecule has 0 bridgehead atoms. The molecule has 4 heteroatoms. The van der Waals surface area contributed by atoms with Gasteiger partial charge in [0.1, 0.15) is 0 Å². The van der Waals surface area contributed by atoms with Gasteiger partial charge >= 0.3 is 0 Å². The summed E-state index contributed by atoms with van der Waals surface area (Å²) in [4.78, 5) is 4.79. The first kappa shape index (κ1) is 10.4. The van der Waals surface area contributed by atoms with E-state index in [0.29, 0.717) is 6.04 Å². The van der Waals surface area contributed by atoms with Gasteiger partial charge in [0.05, 0.1) is 0 Å². The third-order valence-corrected chi connectivity index (χ3v) is 2.93. The Labute approximate surface area is 90.9 Å². The van der Waals surface area contributed by atoms with Crippen LogP contribution in [0.3, 0.4) is 0 Å². The molecule has 0 aromatic carbocycles. The average Bonchev–Trinajstić information content (AvgIpc) is 2.30. The molecule has 2 rings (SSSR count). The molecular weight excluding hydrogens is 188 g/mol. The lowest BCUT2D eigenvalue weighted by Gasteiger charge is -2.37. The molecule has 1 saturated heterocycles. The molecule has 4 nitrogen and oxygen atoms in total. The van der Waals surface area contributed by atoms with Crippen molar-refractivity contribution < 1.29 is 0 Å².